The Morgan fingerprint density at radius 2 is 1.68 bits per heavy atom. The van der Waals surface area contributed by atoms with Crippen LogP contribution >= 0.6 is 0 Å². The van der Waals surface area contributed by atoms with E-state index in [4.69, 9.17) is 4.74 Å². The van der Waals surface area contributed by atoms with Crippen molar-refractivity contribution in [2.75, 3.05) is 19.6 Å². The van der Waals surface area contributed by atoms with Crippen molar-refractivity contribution in [3.05, 3.63) is 29.8 Å². The van der Waals surface area contributed by atoms with Crippen molar-refractivity contribution >= 4 is 17.9 Å². The van der Waals surface area contributed by atoms with E-state index >= 15 is 0 Å². The van der Waals surface area contributed by atoms with Crippen LogP contribution < -0.4 is 10.6 Å². The van der Waals surface area contributed by atoms with Crippen molar-refractivity contribution in [3.63, 3.8) is 0 Å². The molecule has 1 aromatic rings. The van der Waals surface area contributed by atoms with Gasteiger partial charge in [-0.1, -0.05) is 38.8 Å². The average molecular weight is 436 g/mol. The first kappa shape index (κ1) is 26.3. The van der Waals surface area contributed by atoms with Gasteiger partial charge in [-0.05, 0) is 51.3 Å². The van der Waals surface area contributed by atoms with Gasteiger partial charge in [-0.3, -0.25) is 9.59 Å². The molecule has 0 spiro atoms. The molecule has 0 aliphatic heterocycles. The minimum atomic E-state index is -0.866. The van der Waals surface area contributed by atoms with Gasteiger partial charge in [0, 0.05) is 13.1 Å². The van der Waals surface area contributed by atoms with Gasteiger partial charge in [0.2, 0.25) is 11.8 Å². The maximum atomic E-state index is 13.1. The van der Waals surface area contributed by atoms with E-state index < -0.39 is 23.6 Å². The summed E-state index contributed by atoms with van der Waals surface area (Å²) in [6, 6.07) is 5.36. The van der Waals surface area contributed by atoms with Crippen molar-refractivity contribution in [1.82, 2.24) is 15.5 Å². The molecule has 0 aliphatic rings. The number of aromatic hydroxyl groups is 1. The van der Waals surface area contributed by atoms with Gasteiger partial charge in [-0.25, -0.2) is 4.79 Å². The Morgan fingerprint density at radius 1 is 1.03 bits per heavy atom. The van der Waals surface area contributed by atoms with E-state index in [0.29, 0.717) is 25.1 Å². The number of alkyl carbamates (subject to hydrolysis) is 1. The molecule has 0 heterocycles. The Kier molecular flexibility index (Phi) is 10.9. The average Bonchev–Trinajstić information content (AvgIpc) is 2.69. The van der Waals surface area contributed by atoms with Gasteiger partial charge in [-0.2, -0.15) is 0 Å². The number of hydrogen-bond donors (Lipinski definition) is 3. The van der Waals surface area contributed by atoms with E-state index in [0.717, 1.165) is 19.3 Å². The summed E-state index contributed by atoms with van der Waals surface area (Å²) < 4.78 is 5.18. The number of carbonyl (C=O) groups excluding carboxylic acids is 3. The summed E-state index contributed by atoms with van der Waals surface area (Å²) in [6.07, 6.45) is 2.83. The lowest BCUT2D eigenvalue weighted by Crippen LogP contribution is -2.48. The third kappa shape index (κ3) is 9.72. The van der Waals surface area contributed by atoms with Crippen LogP contribution in [-0.4, -0.2) is 53.1 Å². The predicted octanol–water partition coefficient (Wildman–Crippen LogP) is 3.50. The zero-order valence-corrected chi connectivity index (χ0v) is 19.4. The van der Waals surface area contributed by atoms with Crippen LogP contribution in [0.4, 0.5) is 4.79 Å². The molecule has 31 heavy (non-hydrogen) atoms. The molecular weight excluding hydrogens is 398 g/mol. The predicted molar refractivity (Wildman–Crippen MR) is 120 cm³/mol. The van der Waals surface area contributed by atoms with Gasteiger partial charge < -0.3 is 25.4 Å². The standard InChI is InChI=1S/C23H37N3O5/c1-6-8-9-14-24-21(29)20(17-10-12-18(27)13-11-17)26(15-7-2)19(28)16-25-22(30)31-23(3,4)5/h10-13,20,27H,6-9,14-16H2,1-5H3,(H,24,29)(H,25,30). The molecule has 1 unspecified atom stereocenters. The molecule has 0 saturated carbocycles. The SMILES string of the molecule is CCCCCNC(=O)C(c1ccc(O)cc1)N(CCC)C(=O)CNC(=O)OC(C)(C)C. The van der Waals surface area contributed by atoms with Crippen LogP contribution in [0.2, 0.25) is 0 Å². The topological polar surface area (TPSA) is 108 Å². The molecule has 174 valence electrons. The molecule has 0 saturated heterocycles. The number of nitrogens with one attached hydrogen (secondary N) is 2. The lowest BCUT2D eigenvalue weighted by Gasteiger charge is -2.31. The van der Waals surface area contributed by atoms with Crippen LogP contribution in [0.1, 0.15) is 71.9 Å². The third-order valence-corrected chi connectivity index (χ3v) is 4.42. The van der Waals surface area contributed by atoms with Crippen LogP contribution in [-0.2, 0) is 14.3 Å². The fourth-order valence-corrected chi connectivity index (χ4v) is 3.01. The Bertz CT molecular complexity index is 713. The smallest absolute Gasteiger partial charge is 0.408 e. The van der Waals surface area contributed by atoms with E-state index in [1.54, 1.807) is 32.9 Å². The lowest BCUT2D eigenvalue weighted by atomic mass is 10.0. The number of nitrogens with zero attached hydrogens (tertiary/aromatic N) is 1. The molecule has 0 radical (unpaired) electrons. The monoisotopic (exact) mass is 435 g/mol. The van der Waals surface area contributed by atoms with Crippen molar-refractivity contribution in [3.8, 4) is 5.75 Å². The maximum Gasteiger partial charge on any atom is 0.408 e. The highest BCUT2D eigenvalue weighted by Crippen LogP contribution is 2.24. The number of rotatable bonds is 11. The van der Waals surface area contributed by atoms with Gasteiger partial charge in [0.25, 0.3) is 0 Å². The molecular formula is C23H37N3O5. The number of carbonyl (C=O) groups is 3. The Labute approximate surface area is 185 Å². The molecule has 0 fully saturated rings. The normalized spacial score (nSPS) is 12.0. The second kappa shape index (κ2) is 12.8. The van der Waals surface area contributed by atoms with Gasteiger partial charge >= 0.3 is 6.09 Å². The van der Waals surface area contributed by atoms with E-state index in [1.807, 2.05) is 6.92 Å². The molecule has 1 rings (SSSR count). The van der Waals surface area contributed by atoms with Gasteiger partial charge in [0.15, 0.2) is 0 Å². The first-order valence-corrected chi connectivity index (χ1v) is 10.9. The Hall–Kier alpha value is -2.77. The van der Waals surface area contributed by atoms with Gasteiger partial charge in [-0.15, -0.1) is 0 Å². The molecule has 8 nitrogen and oxygen atoms in total. The number of phenols is 1. The van der Waals surface area contributed by atoms with Crippen LogP contribution in [0.25, 0.3) is 0 Å². The largest absolute Gasteiger partial charge is 0.508 e. The molecule has 3 amide bonds. The van der Waals surface area contributed by atoms with Crippen LogP contribution in [0.15, 0.2) is 24.3 Å². The fraction of sp³-hybridized carbons (Fsp3) is 0.609. The van der Waals surface area contributed by atoms with E-state index in [2.05, 4.69) is 17.6 Å². The third-order valence-electron chi connectivity index (χ3n) is 4.42. The summed E-state index contributed by atoms with van der Waals surface area (Å²) in [6.45, 7) is 9.78. The molecule has 1 aromatic carbocycles. The Balaban J connectivity index is 3.02. The number of unbranched alkanes of at least 4 members (excludes halogenated alkanes) is 2. The molecule has 1 atom stereocenters. The lowest BCUT2D eigenvalue weighted by molar-refractivity contribution is -0.140. The molecule has 0 aliphatic carbocycles. The minimum absolute atomic E-state index is 0.0748. The first-order valence-electron chi connectivity index (χ1n) is 10.9. The quantitative estimate of drug-likeness (QED) is 0.461. The molecule has 8 heteroatoms. The van der Waals surface area contributed by atoms with E-state index in [1.165, 1.54) is 17.0 Å². The maximum absolute atomic E-state index is 13.1. The number of phenolic OH excluding ortho intramolecular Hbond substituents is 1. The summed E-state index contributed by atoms with van der Waals surface area (Å²) in [4.78, 5) is 39.5. The summed E-state index contributed by atoms with van der Waals surface area (Å²) in [5.74, 6) is -0.610. The summed E-state index contributed by atoms with van der Waals surface area (Å²) >= 11 is 0. The van der Waals surface area contributed by atoms with Crippen LogP contribution in [0.3, 0.4) is 0 Å². The molecule has 3 N–H and O–H groups in total. The van der Waals surface area contributed by atoms with E-state index in [-0.39, 0.29) is 18.2 Å². The molecule has 0 aromatic heterocycles. The van der Waals surface area contributed by atoms with Crippen molar-refractivity contribution in [2.24, 2.45) is 0 Å². The number of amides is 3. The van der Waals surface area contributed by atoms with Crippen molar-refractivity contribution in [1.29, 1.82) is 0 Å². The number of hydrogen-bond acceptors (Lipinski definition) is 5. The summed E-state index contributed by atoms with van der Waals surface area (Å²) in [5.41, 5.74) is -0.0896. The second-order valence-electron chi connectivity index (χ2n) is 8.43. The minimum Gasteiger partial charge on any atom is -0.508 e. The zero-order chi connectivity index (χ0) is 23.4. The molecule has 0 bridgehead atoms. The van der Waals surface area contributed by atoms with Gasteiger partial charge in [0.05, 0.1) is 0 Å². The van der Waals surface area contributed by atoms with Crippen molar-refractivity contribution in [2.45, 2.75) is 71.9 Å². The van der Waals surface area contributed by atoms with E-state index in [9.17, 15) is 19.5 Å². The second-order valence-corrected chi connectivity index (χ2v) is 8.43. The zero-order valence-electron chi connectivity index (χ0n) is 19.4. The fourth-order valence-electron chi connectivity index (χ4n) is 3.01. The highest BCUT2D eigenvalue weighted by molar-refractivity contribution is 5.90. The van der Waals surface area contributed by atoms with Crippen LogP contribution in [0.5, 0.6) is 5.75 Å². The summed E-state index contributed by atoms with van der Waals surface area (Å²) in [5, 5.41) is 15.0. The number of ether oxygens (including phenoxy) is 1. The highest BCUT2D eigenvalue weighted by atomic mass is 16.6. The highest BCUT2D eigenvalue weighted by Gasteiger charge is 2.31. The summed E-state index contributed by atoms with van der Waals surface area (Å²) in [7, 11) is 0. The van der Waals surface area contributed by atoms with Gasteiger partial charge in [0.1, 0.15) is 23.9 Å². The van der Waals surface area contributed by atoms with Crippen LogP contribution in [0, 0.1) is 0 Å². The Morgan fingerprint density at radius 3 is 2.23 bits per heavy atom. The first-order chi connectivity index (χ1) is 14.6. The number of benzene rings is 1. The van der Waals surface area contributed by atoms with Crippen molar-refractivity contribution < 1.29 is 24.2 Å².